The second-order valence-electron chi connectivity index (χ2n) is 4.97. The molecule has 0 aliphatic heterocycles. The zero-order chi connectivity index (χ0) is 10.3. The van der Waals surface area contributed by atoms with Gasteiger partial charge in [-0.3, -0.25) is 0 Å². The quantitative estimate of drug-likeness (QED) is 0.822. The second-order valence-corrected chi connectivity index (χ2v) is 4.97. The lowest BCUT2D eigenvalue weighted by atomic mass is 10.2. The van der Waals surface area contributed by atoms with Crippen molar-refractivity contribution in [1.82, 2.24) is 9.55 Å². The van der Waals surface area contributed by atoms with Crippen LogP contribution in [0.5, 0.6) is 0 Å². The zero-order valence-electron chi connectivity index (χ0n) is 9.37. The van der Waals surface area contributed by atoms with Gasteiger partial charge in [0.25, 0.3) is 0 Å². The van der Waals surface area contributed by atoms with Crippen LogP contribution in [0, 0.1) is 6.92 Å². The van der Waals surface area contributed by atoms with Crippen LogP contribution in [0.25, 0.3) is 0 Å². The Morgan fingerprint density at radius 2 is 2.00 bits per heavy atom. The molecule has 0 saturated heterocycles. The van der Waals surface area contributed by atoms with Crippen molar-refractivity contribution in [2.24, 2.45) is 0 Å². The van der Waals surface area contributed by atoms with Crippen LogP contribution in [-0.2, 0) is 0 Å². The average molecular weight is 205 g/mol. The molecule has 3 rings (SSSR count). The summed E-state index contributed by atoms with van der Waals surface area (Å²) in [5.41, 5.74) is 1.14. The van der Waals surface area contributed by atoms with Crippen LogP contribution in [0.2, 0.25) is 0 Å². The van der Waals surface area contributed by atoms with Crippen LogP contribution in [0.4, 0.5) is 5.95 Å². The summed E-state index contributed by atoms with van der Waals surface area (Å²) in [6, 6.07) is 1.40. The summed E-state index contributed by atoms with van der Waals surface area (Å²) < 4.78 is 2.34. The first kappa shape index (κ1) is 9.25. The third-order valence-corrected chi connectivity index (χ3v) is 3.48. The summed E-state index contributed by atoms with van der Waals surface area (Å²) in [4.78, 5) is 4.59. The van der Waals surface area contributed by atoms with Gasteiger partial charge in [-0.15, -0.1) is 0 Å². The number of nitrogens with zero attached hydrogens (tertiary/aromatic N) is 2. The minimum absolute atomic E-state index is 0.671. The molecule has 1 aromatic rings. The van der Waals surface area contributed by atoms with Gasteiger partial charge >= 0.3 is 0 Å². The molecule has 0 radical (unpaired) electrons. The molecule has 15 heavy (non-hydrogen) atoms. The van der Waals surface area contributed by atoms with E-state index < -0.39 is 0 Å². The van der Waals surface area contributed by atoms with Crippen molar-refractivity contribution in [1.29, 1.82) is 0 Å². The molecule has 0 spiro atoms. The van der Waals surface area contributed by atoms with Crippen LogP contribution >= 0.6 is 0 Å². The maximum atomic E-state index is 4.59. The van der Waals surface area contributed by atoms with Gasteiger partial charge in [0.2, 0.25) is 5.95 Å². The van der Waals surface area contributed by atoms with E-state index in [1.165, 1.54) is 38.5 Å². The second kappa shape index (κ2) is 3.54. The fourth-order valence-corrected chi connectivity index (χ4v) is 2.51. The van der Waals surface area contributed by atoms with Gasteiger partial charge in [0.05, 0.1) is 5.69 Å². The van der Waals surface area contributed by atoms with Crippen molar-refractivity contribution in [3.8, 4) is 0 Å². The topological polar surface area (TPSA) is 29.9 Å². The molecule has 0 bridgehead atoms. The largest absolute Gasteiger partial charge is 0.353 e. The predicted molar refractivity (Wildman–Crippen MR) is 61.1 cm³/mol. The summed E-state index contributed by atoms with van der Waals surface area (Å²) in [6.07, 6.45) is 10.2. The smallest absolute Gasteiger partial charge is 0.203 e. The molecule has 2 aliphatic rings. The molecule has 1 N–H and O–H groups in total. The number of nitrogens with one attached hydrogen (secondary N) is 1. The molecule has 2 fully saturated rings. The highest BCUT2D eigenvalue weighted by molar-refractivity contribution is 5.32. The number of rotatable bonds is 3. The maximum Gasteiger partial charge on any atom is 0.203 e. The van der Waals surface area contributed by atoms with E-state index in [1.54, 1.807) is 0 Å². The van der Waals surface area contributed by atoms with Gasteiger partial charge in [-0.1, -0.05) is 12.8 Å². The van der Waals surface area contributed by atoms with Gasteiger partial charge in [0, 0.05) is 18.3 Å². The normalized spacial score (nSPS) is 22.2. The lowest BCUT2D eigenvalue weighted by Crippen LogP contribution is -2.17. The third-order valence-electron chi connectivity index (χ3n) is 3.48. The Morgan fingerprint density at radius 3 is 2.67 bits per heavy atom. The van der Waals surface area contributed by atoms with Crippen LogP contribution in [-0.4, -0.2) is 15.6 Å². The molecule has 0 amide bonds. The van der Waals surface area contributed by atoms with Crippen LogP contribution in [0.3, 0.4) is 0 Å². The van der Waals surface area contributed by atoms with Crippen molar-refractivity contribution in [2.75, 3.05) is 5.32 Å². The number of aryl methyl sites for hydroxylation is 1. The van der Waals surface area contributed by atoms with Gasteiger partial charge in [0.15, 0.2) is 0 Å². The molecule has 0 unspecified atom stereocenters. The lowest BCUT2D eigenvalue weighted by Gasteiger charge is -2.14. The van der Waals surface area contributed by atoms with Crippen molar-refractivity contribution < 1.29 is 0 Å². The number of hydrogen-bond acceptors (Lipinski definition) is 2. The molecule has 0 aromatic carbocycles. The Hall–Kier alpha value is -0.990. The van der Waals surface area contributed by atoms with E-state index in [4.69, 9.17) is 0 Å². The van der Waals surface area contributed by atoms with Gasteiger partial charge < -0.3 is 9.88 Å². The van der Waals surface area contributed by atoms with E-state index >= 15 is 0 Å². The van der Waals surface area contributed by atoms with E-state index in [-0.39, 0.29) is 0 Å². The van der Waals surface area contributed by atoms with E-state index in [0.717, 1.165) is 17.7 Å². The first-order valence-corrected chi connectivity index (χ1v) is 6.15. The SMILES string of the molecule is Cc1cn(C2CC2)c(NC2CCCC2)n1. The Balaban J connectivity index is 1.77. The van der Waals surface area contributed by atoms with Crippen molar-refractivity contribution >= 4 is 5.95 Å². The predicted octanol–water partition coefficient (Wildman–Crippen LogP) is 2.88. The number of anilines is 1. The Morgan fingerprint density at radius 1 is 1.27 bits per heavy atom. The highest BCUT2D eigenvalue weighted by Gasteiger charge is 2.27. The first-order valence-electron chi connectivity index (χ1n) is 6.15. The molecule has 2 aliphatic carbocycles. The minimum atomic E-state index is 0.671. The highest BCUT2D eigenvalue weighted by atomic mass is 15.2. The first-order chi connectivity index (χ1) is 7.33. The summed E-state index contributed by atoms with van der Waals surface area (Å²) in [6.45, 7) is 2.08. The lowest BCUT2D eigenvalue weighted by molar-refractivity contribution is 0.697. The Labute approximate surface area is 90.9 Å². The van der Waals surface area contributed by atoms with E-state index in [1.807, 2.05) is 0 Å². The maximum absolute atomic E-state index is 4.59. The molecule has 1 heterocycles. The standard InChI is InChI=1S/C12H19N3/c1-9-8-15(11-6-7-11)12(13-9)14-10-4-2-3-5-10/h8,10-11H,2-7H2,1H3,(H,13,14). The van der Waals surface area contributed by atoms with E-state index in [0.29, 0.717) is 6.04 Å². The molecular formula is C12H19N3. The monoisotopic (exact) mass is 205 g/mol. The van der Waals surface area contributed by atoms with Gasteiger partial charge in [0.1, 0.15) is 0 Å². The van der Waals surface area contributed by atoms with E-state index in [9.17, 15) is 0 Å². The van der Waals surface area contributed by atoms with Gasteiger partial charge in [-0.2, -0.15) is 0 Å². The molecule has 3 heteroatoms. The highest BCUT2D eigenvalue weighted by Crippen LogP contribution is 2.37. The summed E-state index contributed by atoms with van der Waals surface area (Å²) >= 11 is 0. The average Bonchev–Trinajstić information content (AvgIpc) is 2.81. The molecule has 3 nitrogen and oxygen atoms in total. The van der Waals surface area contributed by atoms with Crippen LogP contribution in [0.1, 0.15) is 50.3 Å². The fraction of sp³-hybridized carbons (Fsp3) is 0.750. The Kier molecular flexibility index (Phi) is 2.19. The van der Waals surface area contributed by atoms with E-state index in [2.05, 4.69) is 28.0 Å². The number of imidazole rings is 1. The zero-order valence-corrected chi connectivity index (χ0v) is 9.37. The molecular weight excluding hydrogens is 186 g/mol. The number of aromatic nitrogens is 2. The third kappa shape index (κ3) is 1.87. The molecule has 2 saturated carbocycles. The van der Waals surface area contributed by atoms with Gasteiger partial charge in [-0.05, 0) is 32.6 Å². The molecule has 0 atom stereocenters. The molecule has 82 valence electrons. The molecule has 1 aromatic heterocycles. The summed E-state index contributed by atoms with van der Waals surface area (Å²) in [5, 5.41) is 3.60. The van der Waals surface area contributed by atoms with Crippen molar-refractivity contribution in [3.05, 3.63) is 11.9 Å². The van der Waals surface area contributed by atoms with Crippen LogP contribution in [0.15, 0.2) is 6.20 Å². The number of hydrogen-bond donors (Lipinski definition) is 1. The van der Waals surface area contributed by atoms with Crippen molar-refractivity contribution in [3.63, 3.8) is 0 Å². The van der Waals surface area contributed by atoms with Crippen molar-refractivity contribution in [2.45, 2.75) is 57.5 Å². The Bertz CT molecular complexity index is 346. The fourth-order valence-electron chi connectivity index (χ4n) is 2.51. The summed E-state index contributed by atoms with van der Waals surface area (Å²) in [7, 11) is 0. The van der Waals surface area contributed by atoms with Crippen LogP contribution < -0.4 is 5.32 Å². The summed E-state index contributed by atoms with van der Waals surface area (Å²) in [5.74, 6) is 1.11. The van der Waals surface area contributed by atoms with Gasteiger partial charge in [-0.25, -0.2) is 4.98 Å². The minimum Gasteiger partial charge on any atom is -0.353 e.